The van der Waals surface area contributed by atoms with E-state index < -0.39 is 0 Å². The Hall–Kier alpha value is -13.6. The molecule has 114 heavy (non-hydrogen) atoms. The third-order valence-electron chi connectivity index (χ3n) is 23.2. The van der Waals surface area contributed by atoms with Crippen LogP contribution < -0.4 is 0 Å². The van der Waals surface area contributed by atoms with Crippen molar-refractivity contribution in [3.8, 4) is 100 Å². The van der Waals surface area contributed by atoms with Crippen LogP contribution in [0.15, 0.2) is 400 Å². The van der Waals surface area contributed by atoms with Crippen molar-refractivity contribution in [2.75, 3.05) is 0 Å². The molecule has 0 spiro atoms. The first kappa shape index (κ1) is 66.2. The zero-order chi connectivity index (χ0) is 74.9. The molecule has 0 saturated carbocycles. The summed E-state index contributed by atoms with van der Waals surface area (Å²) >= 11 is 7.61. The van der Waals surface area contributed by atoms with Crippen LogP contribution in [-0.4, -0.2) is 9.13 Å². The monoisotopic (exact) mass is 1520 g/mol. The average molecular weight is 1520 g/mol. The van der Waals surface area contributed by atoms with Gasteiger partial charge in [0.25, 0.3) is 0 Å². The maximum absolute atomic E-state index is 2.51. The van der Waals surface area contributed by atoms with E-state index in [0.29, 0.717) is 0 Å². The van der Waals surface area contributed by atoms with Gasteiger partial charge in [-0.2, -0.15) is 0 Å². The van der Waals surface area contributed by atoms with Crippen molar-refractivity contribution in [3.63, 3.8) is 0 Å². The molecule has 0 N–H and O–H groups in total. The largest absolute Gasteiger partial charge is 0.308 e. The lowest BCUT2D eigenvalue weighted by molar-refractivity contribution is 1.20. The summed E-state index contributed by atoms with van der Waals surface area (Å²) in [6.45, 7) is 0. The molecular formula is C108H66N2S4. The summed E-state index contributed by atoms with van der Waals surface area (Å²) in [5.41, 5.74) is 27.1. The Morgan fingerprint density at radius 2 is 0.465 bits per heavy atom. The molecule has 6 heteroatoms. The van der Waals surface area contributed by atoms with Crippen LogP contribution in [0.3, 0.4) is 0 Å². The Kier molecular flexibility index (Phi) is 15.8. The van der Waals surface area contributed by atoms with Crippen LogP contribution in [0.1, 0.15) is 0 Å². The highest BCUT2D eigenvalue weighted by Gasteiger charge is 2.26. The molecule has 24 aromatic rings. The number of aromatic nitrogens is 2. The fourth-order valence-corrected chi connectivity index (χ4v) is 22.9. The Morgan fingerprint density at radius 3 is 0.921 bits per heavy atom. The number of nitrogens with zero attached hydrogens (tertiary/aromatic N) is 2. The van der Waals surface area contributed by atoms with E-state index in [2.05, 4.69) is 410 Å². The first-order valence-corrected chi connectivity index (χ1v) is 42.1. The maximum Gasteiger partial charge on any atom is 0.0640 e. The van der Waals surface area contributed by atoms with Gasteiger partial charge in [0.05, 0.1) is 42.8 Å². The molecule has 0 fully saturated rings. The highest BCUT2D eigenvalue weighted by Crippen LogP contribution is 2.53. The summed E-state index contributed by atoms with van der Waals surface area (Å²) in [6, 6.07) is 148. The second-order valence-corrected chi connectivity index (χ2v) is 33.8. The molecule has 6 heterocycles. The molecule has 0 atom stereocenters. The first-order valence-electron chi connectivity index (χ1n) is 38.8. The Morgan fingerprint density at radius 1 is 0.149 bits per heavy atom. The summed E-state index contributed by atoms with van der Waals surface area (Å²) in [6.07, 6.45) is 0. The molecule has 0 unspecified atom stereocenters. The minimum absolute atomic E-state index is 1.21. The lowest BCUT2D eigenvalue weighted by Crippen LogP contribution is -1.94. The van der Waals surface area contributed by atoms with Gasteiger partial charge < -0.3 is 9.13 Å². The lowest BCUT2D eigenvalue weighted by Gasteiger charge is -2.12. The van der Waals surface area contributed by atoms with Crippen LogP contribution in [0, 0.1) is 0 Å². The number of benzene rings is 18. The standard InChI is InChI=1S/2C54H33NS2/c1-4-14-34(15-5-1)37-26-30-46-44(32-37)45-33-38(35-16-6-2-7-17-35)27-31-47(45)55(46)48-23-12-22-43-52-41(29-28-39(54(52)57-53(43)48)36-18-8-3-9-19-36)40-21-13-25-50-51(40)42-20-10-11-24-49(42)56-50;1-4-13-34(14-5-1)37-23-28-47-44(31-37)45-32-38(35-15-6-2-7-16-35)24-29-48(45)55(47)49-21-12-20-43-52-40(26-27-41(54(52)57-53(43)49)36-17-8-3-9-18-36)39-25-30-51-46(33-39)42-19-10-11-22-50(42)56-51/h2*1-33H. The van der Waals surface area contributed by atoms with Gasteiger partial charge in [0.1, 0.15) is 0 Å². The maximum atomic E-state index is 2.51. The van der Waals surface area contributed by atoms with E-state index in [-0.39, 0.29) is 0 Å². The minimum atomic E-state index is 1.21. The van der Waals surface area contributed by atoms with Crippen molar-refractivity contribution in [2.24, 2.45) is 0 Å². The summed E-state index contributed by atoms with van der Waals surface area (Å²) in [5, 5.41) is 15.5. The van der Waals surface area contributed by atoms with Gasteiger partial charge in [-0.15, -0.1) is 45.3 Å². The number of rotatable bonds is 10. The van der Waals surface area contributed by atoms with E-state index in [0.717, 1.165) is 0 Å². The summed E-state index contributed by atoms with van der Waals surface area (Å²) in [5.74, 6) is 0. The SMILES string of the molecule is c1ccc(-c2ccc3c(c2)c2cc(-c4ccccc4)ccc2n3-c2cccc3c2sc2c(-c4ccccc4)ccc(-c4ccc5sc6ccccc6c5c4)c23)cc1.c1ccc(-c2ccc3c(c2)c2cc(-c4ccccc4)ccc2n3-c2cccc3c2sc2c(-c4ccccc4)ccc(-c4cccc5sc6ccccc6c45)c23)cc1. The number of hydrogen-bond donors (Lipinski definition) is 0. The fourth-order valence-electron chi connectivity index (χ4n) is 18.0. The predicted octanol–water partition coefficient (Wildman–Crippen LogP) is 32.4. The molecule has 0 amide bonds. The topological polar surface area (TPSA) is 9.86 Å². The average Bonchev–Trinajstić information content (AvgIpc) is 1.56. The van der Waals surface area contributed by atoms with Gasteiger partial charge in [0, 0.05) is 92.8 Å². The van der Waals surface area contributed by atoms with E-state index in [9.17, 15) is 0 Å². The molecule has 6 aromatic heterocycles. The van der Waals surface area contributed by atoms with Gasteiger partial charge >= 0.3 is 0 Å². The zero-order valence-corrected chi connectivity index (χ0v) is 64.9. The van der Waals surface area contributed by atoms with Crippen LogP contribution in [0.5, 0.6) is 0 Å². The summed E-state index contributed by atoms with van der Waals surface area (Å²) in [4.78, 5) is 0. The molecule has 0 bridgehead atoms. The van der Waals surface area contributed by atoms with Crippen molar-refractivity contribution in [3.05, 3.63) is 400 Å². The van der Waals surface area contributed by atoms with Crippen molar-refractivity contribution in [1.29, 1.82) is 0 Å². The smallest absolute Gasteiger partial charge is 0.0640 e. The van der Waals surface area contributed by atoms with Gasteiger partial charge in [-0.1, -0.05) is 309 Å². The third kappa shape index (κ3) is 10.9. The normalized spacial score (nSPS) is 11.9. The molecule has 0 aliphatic rings. The van der Waals surface area contributed by atoms with E-state index in [1.165, 1.54) is 225 Å². The van der Waals surface area contributed by atoms with E-state index in [1.54, 1.807) is 0 Å². The number of fused-ring (bicyclic) bond motifs is 18. The minimum Gasteiger partial charge on any atom is -0.308 e. The third-order valence-corrected chi connectivity index (χ3v) is 28.1. The van der Waals surface area contributed by atoms with Gasteiger partial charge in [0.2, 0.25) is 0 Å². The Balaban J connectivity index is 0.000000135. The van der Waals surface area contributed by atoms with Crippen LogP contribution in [0.4, 0.5) is 0 Å². The zero-order valence-electron chi connectivity index (χ0n) is 61.6. The van der Waals surface area contributed by atoms with Gasteiger partial charge in [0.15, 0.2) is 0 Å². The molecular weight excluding hydrogens is 1450 g/mol. The molecule has 0 radical (unpaired) electrons. The fraction of sp³-hybridized carbons (Fsp3) is 0. The lowest BCUT2D eigenvalue weighted by atomic mass is 9.92. The molecule has 2 nitrogen and oxygen atoms in total. The predicted molar refractivity (Wildman–Crippen MR) is 497 cm³/mol. The second kappa shape index (κ2) is 27.1. The molecule has 0 saturated heterocycles. The quantitative estimate of drug-likeness (QED) is 0.129. The van der Waals surface area contributed by atoms with Crippen molar-refractivity contribution >= 4 is 170 Å². The Bertz CT molecular complexity index is 7750. The molecule has 24 rings (SSSR count). The molecule has 0 aliphatic carbocycles. The van der Waals surface area contributed by atoms with Gasteiger partial charge in [-0.3, -0.25) is 0 Å². The highest BCUT2D eigenvalue weighted by molar-refractivity contribution is 7.28. The van der Waals surface area contributed by atoms with Crippen LogP contribution in [0.2, 0.25) is 0 Å². The van der Waals surface area contributed by atoms with Crippen LogP contribution >= 0.6 is 45.3 Å². The summed E-state index contributed by atoms with van der Waals surface area (Å²) < 4.78 is 15.5. The first-order chi connectivity index (χ1) is 56.5. The number of thiophene rings is 4. The van der Waals surface area contributed by atoms with Crippen molar-refractivity contribution in [1.82, 2.24) is 9.13 Å². The number of hydrogen-bond acceptors (Lipinski definition) is 4. The van der Waals surface area contributed by atoms with Gasteiger partial charge in [-0.25, -0.2) is 0 Å². The van der Waals surface area contributed by atoms with Crippen molar-refractivity contribution in [2.45, 2.75) is 0 Å². The van der Waals surface area contributed by atoms with Gasteiger partial charge in [-0.05, 0) is 180 Å². The molecule has 0 aliphatic heterocycles. The van der Waals surface area contributed by atoms with E-state index >= 15 is 0 Å². The van der Waals surface area contributed by atoms with Crippen molar-refractivity contribution < 1.29 is 0 Å². The van der Waals surface area contributed by atoms with Crippen LogP contribution in [0.25, 0.3) is 225 Å². The second-order valence-electron chi connectivity index (χ2n) is 29.6. The van der Waals surface area contributed by atoms with Crippen LogP contribution in [-0.2, 0) is 0 Å². The molecule has 532 valence electrons. The Labute approximate surface area is 674 Å². The molecule has 18 aromatic carbocycles. The summed E-state index contributed by atoms with van der Waals surface area (Å²) in [7, 11) is 0. The van der Waals surface area contributed by atoms with E-state index in [1.807, 2.05) is 45.3 Å². The van der Waals surface area contributed by atoms with E-state index in [4.69, 9.17) is 0 Å². The highest BCUT2D eigenvalue weighted by atomic mass is 32.1.